The number of hydrogen-bond acceptors (Lipinski definition) is 3. The van der Waals surface area contributed by atoms with Gasteiger partial charge in [0, 0.05) is 0 Å². The molecule has 0 saturated heterocycles. The molecule has 0 fully saturated rings. The van der Waals surface area contributed by atoms with Gasteiger partial charge in [-0.05, 0) is 5.56 Å². The second kappa shape index (κ2) is 5.07. The van der Waals surface area contributed by atoms with Crippen molar-refractivity contribution in [3.63, 3.8) is 0 Å². The molecule has 2 aromatic rings. The lowest BCUT2D eigenvalue weighted by molar-refractivity contribution is -0.385. The van der Waals surface area contributed by atoms with Crippen LogP contribution >= 0.6 is 0 Å². The first kappa shape index (κ1) is 11.1. The normalized spacial score (nSPS) is 10.8. The molecule has 0 aliphatic heterocycles. The minimum atomic E-state index is -0.454. The highest BCUT2D eigenvalue weighted by molar-refractivity contribution is 5.48. The summed E-state index contributed by atoms with van der Waals surface area (Å²) in [7, 11) is 0. The molecular weight excluding hydrogens is 218 g/mol. The predicted octanol–water partition coefficient (Wildman–Crippen LogP) is 2.50. The Morgan fingerprint density at radius 1 is 1.35 bits per heavy atom. The van der Waals surface area contributed by atoms with Crippen LogP contribution < -0.4 is 0 Å². The number of nitro groups is 1. The molecule has 1 aromatic carbocycles. The highest BCUT2D eigenvalue weighted by atomic mass is 16.6. The first-order valence-electron chi connectivity index (χ1n) is 5.14. The molecule has 0 aliphatic carbocycles. The van der Waals surface area contributed by atoms with Gasteiger partial charge in [0.25, 0.3) is 0 Å². The van der Waals surface area contributed by atoms with Crippen LogP contribution in [0.2, 0.25) is 0 Å². The van der Waals surface area contributed by atoms with Crippen molar-refractivity contribution < 1.29 is 4.92 Å². The Morgan fingerprint density at radius 3 is 2.76 bits per heavy atom. The van der Waals surface area contributed by atoms with Gasteiger partial charge in [0.15, 0.2) is 0 Å². The second-order valence-electron chi connectivity index (χ2n) is 3.49. The first-order valence-corrected chi connectivity index (χ1v) is 5.14. The summed E-state index contributed by atoms with van der Waals surface area (Å²) >= 11 is 0. The number of aromatic nitrogens is 2. The van der Waals surface area contributed by atoms with Crippen molar-refractivity contribution in [2.24, 2.45) is 0 Å². The van der Waals surface area contributed by atoms with Crippen LogP contribution in [0.1, 0.15) is 5.56 Å². The maximum atomic E-state index is 10.4. The van der Waals surface area contributed by atoms with Crippen molar-refractivity contribution >= 4 is 11.8 Å². The fourth-order valence-corrected chi connectivity index (χ4v) is 1.41. The average molecular weight is 229 g/mol. The zero-order valence-corrected chi connectivity index (χ0v) is 9.06. The van der Waals surface area contributed by atoms with Gasteiger partial charge in [-0.25, -0.2) is 0 Å². The lowest BCUT2D eigenvalue weighted by Crippen LogP contribution is -1.94. The largest absolute Gasteiger partial charge is 0.307 e. The quantitative estimate of drug-likeness (QED) is 0.597. The third kappa shape index (κ3) is 3.01. The van der Waals surface area contributed by atoms with Gasteiger partial charge in [-0.1, -0.05) is 42.5 Å². The molecule has 0 atom stereocenters. The number of allylic oxidation sites excluding steroid dienone is 1. The van der Waals surface area contributed by atoms with Crippen molar-refractivity contribution in [2.75, 3.05) is 0 Å². The van der Waals surface area contributed by atoms with E-state index in [1.54, 1.807) is 0 Å². The van der Waals surface area contributed by atoms with Gasteiger partial charge in [-0.2, -0.15) is 5.10 Å². The van der Waals surface area contributed by atoms with E-state index in [1.165, 1.54) is 17.1 Å². The van der Waals surface area contributed by atoms with E-state index in [4.69, 9.17) is 0 Å². The van der Waals surface area contributed by atoms with Gasteiger partial charge >= 0.3 is 5.69 Å². The van der Waals surface area contributed by atoms with E-state index < -0.39 is 4.92 Å². The van der Waals surface area contributed by atoms with E-state index in [0.29, 0.717) is 6.54 Å². The zero-order chi connectivity index (χ0) is 12.1. The number of nitrogens with zero attached hydrogens (tertiary/aromatic N) is 3. The smallest absolute Gasteiger partial charge is 0.262 e. The third-order valence-electron chi connectivity index (χ3n) is 2.23. The standard InChI is InChI=1S/C12H11N3O2/c16-15(17)12-9-13-14(10-12)8-4-7-11-5-2-1-3-6-11/h1-7,9-10H,8H2/b7-4+. The van der Waals surface area contributed by atoms with Crippen LogP contribution in [0.4, 0.5) is 5.69 Å². The highest BCUT2D eigenvalue weighted by Crippen LogP contribution is 2.08. The molecule has 2 rings (SSSR count). The molecule has 1 heterocycles. The maximum Gasteiger partial charge on any atom is 0.307 e. The number of rotatable bonds is 4. The molecule has 0 unspecified atom stereocenters. The highest BCUT2D eigenvalue weighted by Gasteiger charge is 2.06. The Labute approximate surface area is 98.2 Å². The van der Waals surface area contributed by atoms with Crippen LogP contribution in [0.15, 0.2) is 48.8 Å². The van der Waals surface area contributed by atoms with Crippen molar-refractivity contribution in [1.82, 2.24) is 9.78 Å². The van der Waals surface area contributed by atoms with Gasteiger partial charge in [-0.15, -0.1) is 0 Å². The Morgan fingerprint density at radius 2 is 2.12 bits per heavy atom. The van der Waals surface area contributed by atoms with Crippen LogP contribution in [0.3, 0.4) is 0 Å². The van der Waals surface area contributed by atoms with Crippen LogP contribution in [-0.2, 0) is 6.54 Å². The van der Waals surface area contributed by atoms with Gasteiger partial charge in [-0.3, -0.25) is 14.8 Å². The summed E-state index contributed by atoms with van der Waals surface area (Å²) in [6.45, 7) is 0.517. The monoisotopic (exact) mass is 229 g/mol. The Bertz CT molecular complexity index is 532. The topological polar surface area (TPSA) is 61.0 Å². The molecular formula is C12H11N3O2. The van der Waals surface area contributed by atoms with Crippen LogP contribution in [-0.4, -0.2) is 14.7 Å². The fraction of sp³-hybridized carbons (Fsp3) is 0.0833. The molecule has 0 spiro atoms. The molecule has 0 radical (unpaired) electrons. The molecule has 5 nitrogen and oxygen atoms in total. The molecule has 0 N–H and O–H groups in total. The van der Waals surface area contributed by atoms with Crippen molar-refractivity contribution in [3.05, 3.63) is 64.5 Å². The molecule has 17 heavy (non-hydrogen) atoms. The minimum Gasteiger partial charge on any atom is -0.262 e. The average Bonchev–Trinajstić information content (AvgIpc) is 2.79. The molecule has 0 saturated carbocycles. The minimum absolute atomic E-state index is 0.0121. The molecule has 0 aliphatic rings. The van der Waals surface area contributed by atoms with Crippen molar-refractivity contribution in [3.8, 4) is 0 Å². The van der Waals surface area contributed by atoms with Gasteiger partial charge in [0.1, 0.15) is 12.4 Å². The Kier molecular flexibility index (Phi) is 3.30. The van der Waals surface area contributed by atoms with Crippen molar-refractivity contribution in [2.45, 2.75) is 6.54 Å². The van der Waals surface area contributed by atoms with Gasteiger partial charge < -0.3 is 0 Å². The summed E-state index contributed by atoms with van der Waals surface area (Å²) in [5, 5.41) is 14.3. The number of hydrogen-bond donors (Lipinski definition) is 0. The second-order valence-corrected chi connectivity index (χ2v) is 3.49. The van der Waals surface area contributed by atoms with Crippen molar-refractivity contribution in [1.29, 1.82) is 0 Å². The molecule has 86 valence electrons. The Balaban J connectivity index is 1.98. The van der Waals surface area contributed by atoms with E-state index in [-0.39, 0.29) is 5.69 Å². The summed E-state index contributed by atoms with van der Waals surface area (Å²) in [6.07, 6.45) is 6.52. The lowest BCUT2D eigenvalue weighted by Gasteiger charge is -1.94. The summed E-state index contributed by atoms with van der Waals surface area (Å²) in [6, 6.07) is 9.84. The van der Waals surface area contributed by atoms with Crippen LogP contribution in [0, 0.1) is 10.1 Å². The van der Waals surface area contributed by atoms with Gasteiger partial charge in [0.2, 0.25) is 0 Å². The Hall–Kier alpha value is -2.43. The molecule has 0 amide bonds. The SMILES string of the molecule is O=[N+]([O-])c1cnn(C/C=C/c2ccccc2)c1. The predicted molar refractivity (Wildman–Crippen MR) is 64.4 cm³/mol. The molecule has 5 heteroatoms. The maximum absolute atomic E-state index is 10.4. The number of benzene rings is 1. The first-order chi connectivity index (χ1) is 8.25. The summed E-state index contributed by atoms with van der Waals surface area (Å²) in [5.74, 6) is 0. The summed E-state index contributed by atoms with van der Waals surface area (Å²) < 4.78 is 1.53. The van der Waals surface area contributed by atoms with E-state index in [2.05, 4.69) is 5.10 Å². The lowest BCUT2D eigenvalue weighted by atomic mass is 10.2. The van der Waals surface area contributed by atoms with Gasteiger partial charge in [0.05, 0.1) is 11.5 Å². The zero-order valence-electron chi connectivity index (χ0n) is 9.06. The third-order valence-corrected chi connectivity index (χ3v) is 2.23. The fourth-order valence-electron chi connectivity index (χ4n) is 1.41. The summed E-state index contributed by atoms with van der Waals surface area (Å²) in [4.78, 5) is 9.99. The van der Waals surface area contributed by atoms with E-state index in [1.807, 2.05) is 42.5 Å². The van der Waals surface area contributed by atoms with Crippen LogP contribution in [0.5, 0.6) is 0 Å². The summed E-state index contributed by atoms with van der Waals surface area (Å²) in [5.41, 5.74) is 1.10. The van der Waals surface area contributed by atoms with E-state index in [9.17, 15) is 10.1 Å². The molecule has 1 aromatic heterocycles. The molecule has 0 bridgehead atoms. The van der Waals surface area contributed by atoms with E-state index in [0.717, 1.165) is 5.56 Å². The van der Waals surface area contributed by atoms with Crippen LogP contribution in [0.25, 0.3) is 6.08 Å². The van der Waals surface area contributed by atoms with E-state index >= 15 is 0 Å².